The molecule has 2 heterocycles. The first kappa shape index (κ1) is 13.4. The Morgan fingerprint density at radius 2 is 2.00 bits per heavy atom. The van der Waals surface area contributed by atoms with Gasteiger partial charge in [0.05, 0.1) is 19.4 Å². The lowest BCUT2D eigenvalue weighted by Crippen LogP contribution is -2.40. The zero-order valence-electron chi connectivity index (χ0n) is 11.6. The van der Waals surface area contributed by atoms with Crippen molar-refractivity contribution < 1.29 is 13.6 Å². The van der Waals surface area contributed by atoms with E-state index >= 15 is 0 Å². The number of nitrogens with zero attached hydrogens (tertiary/aromatic N) is 1. The number of rotatable bonds is 5. The summed E-state index contributed by atoms with van der Waals surface area (Å²) in [4.78, 5) is 11.8. The minimum absolute atomic E-state index is 0.375. The van der Waals surface area contributed by atoms with E-state index in [-0.39, 0.29) is 5.63 Å². The summed E-state index contributed by atoms with van der Waals surface area (Å²) >= 11 is 0. The van der Waals surface area contributed by atoms with Crippen molar-refractivity contribution >= 4 is 0 Å². The van der Waals surface area contributed by atoms with Gasteiger partial charge in [0.25, 0.3) is 0 Å². The van der Waals surface area contributed by atoms with Gasteiger partial charge in [0, 0.05) is 12.1 Å². The molecule has 0 fully saturated rings. The molecule has 3 rings (SSSR count). The van der Waals surface area contributed by atoms with Gasteiger partial charge in [-0.05, 0) is 29.0 Å². The zero-order valence-corrected chi connectivity index (χ0v) is 11.6. The lowest BCUT2D eigenvalue weighted by atomic mass is 10.2. The van der Waals surface area contributed by atoms with Crippen LogP contribution in [-0.4, -0.2) is 5.27 Å². The van der Waals surface area contributed by atoms with E-state index in [1.54, 1.807) is 10.9 Å². The van der Waals surface area contributed by atoms with Crippen LogP contribution in [0.5, 0.6) is 0 Å². The molecule has 0 amide bonds. The molecular weight excluding hydrogens is 270 g/mol. The standard InChI is InChI=1S/C15H15N3O3/c1-11-4-6-12(7-5-11)18-14(15(19)21-17-18)10-16-9-13-3-2-8-20-13/h2-8,16H,9-10H2,1H3/p+1. The molecule has 0 bridgehead atoms. The molecule has 0 aliphatic rings. The van der Waals surface area contributed by atoms with Crippen molar-refractivity contribution in [3.8, 4) is 5.69 Å². The van der Waals surface area contributed by atoms with Crippen LogP contribution in [0.3, 0.4) is 0 Å². The van der Waals surface area contributed by atoms with Gasteiger partial charge in [0.15, 0.2) is 0 Å². The molecule has 0 aliphatic carbocycles. The van der Waals surface area contributed by atoms with Crippen LogP contribution in [0.4, 0.5) is 0 Å². The number of H-pyrrole nitrogens is 1. The van der Waals surface area contributed by atoms with Crippen molar-refractivity contribution in [2.75, 3.05) is 0 Å². The predicted octanol–water partition coefficient (Wildman–Crippen LogP) is 1.44. The number of hydrogen-bond acceptors (Lipinski definition) is 4. The van der Waals surface area contributed by atoms with Crippen LogP contribution in [0, 0.1) is 6.92 Å². The summed E-state index contributed by atoms with van der Waals surface area (Å²) in [6.45, 7) is 2.93. The van der Waals surface area contributed by atoms with Crippen LogP contribution in [0.15, 0.2) is 56.4 Å². The van der Waals surface area contributed by atoms with Gasteiger partial charge in [-0.15, -0.1) is 0 Å². The van der Waals surface area contributed by atoms with E-state index in [9.17, 15) is 4.79 Å². The monoisotopic (exact) mass is 286 g/mol. The predicted molar refractivity (Wildman–Crippen MR) is 74.8 cm³/mol. The summed E-state index contributed by atoms with van der Waals surface area (Å²) in [6.07, 6.45) is 1.62. The third-order valence-corrected chi connectivity index (χ3v) is 3.20. The molecule has 3 aromatic rings. The molecule has 2 N–H and O–H groups in total. The van der Waals surface area contributed by atoms with Gasteiger partial charge in [-0.2, -0.15) is 0 Å². The second-order valence-corrected chi connectivity index (χ2v) is 4.78. The highest BCUT2D eigenvalue weighted by molar-refractivity contribution is 5.26. The van der Waals surface area contributed by atoms with Crippen molar-refractivity contribution in [2.24, 2.45) is 0 Å². The van der Waals surface area contributed by atoms with Crippen molar-refractivity contribution in [1.29, 1.82) is 0 Å². The number of aromatic amines is 1. The Morgan fingerprint density at radius 3 is 2.71 bits per heavy atom. The third-order valence-electron chi connectivity index (χ3n) is 3.20. The number of aromatic nitrogens is 2. The van der Waals surface area contributed by atoms with E-state index in [0.29, 0.717) is 18.8 Å². The molecular formula is C15H16N3O3+. The van der Waals surface area contributed by atoms with Crippen LogP contribution in [-0.2, 0) is 13.1 Å². The molecule has 0 spiro atoms. The van der Waals surface area contributed by atoms with Crippen molar-refractivity contribution in [3.05, 3.63) is 70.1 Å². The topological polar surface area (TPSA) is 75.1 Å². The smallest absolute Gasteiger partial charge is 0.431 e. The second-order valence-electron chi connectivity index (χ2n) is 4.78. The molecule has 0 saturated carbocycles. The molecule has 0 atom stereocenters. The van der Waals surface area contributed by atoms with E-state index in [4.69, 9.17) is 8.94 Å². The van der Waals surface area contributed by atoms with E-state index in [1.165, 1.54) is 0 Å². The summed E-state index contributed by atoms with van der Waals surface area (Å²) in [5.41, 5.74) is 2.12. The van der Waals surface area contributed by atoms with Gasteiger partial charge in [-0.25, -0.2) is 4.79 Å². The highest BCUT2D eigenvalue weighted by atomic mass is 16.5. The summed E-state index contributed by atoms with van der Waals surface area (Å²) in [5, 5.41) is 5.78. The van der Waals surface area contributed by atoms with Gasteiger partial charge < -0.3 is 9.73 Å². The highest BCUT2D eigenvalue weighted by Gasteiger charge is 2.22. The van der Waals surface area contributed by atoms with Crippen molar-refractivity contribution in [2.45, 2.75) is 20.0 Å². The van der Waals surface area contributed by atoms with Gasteiger partial charge in [0.1, 0.15) is 5.76 Å². The Bertz CT molecular complexity index is 754. The average molecular weight is 286 g/mol. The quantitative estimate of drug-likeness (QED) is 0.696. The Balaban J connectivity index is 1.77. The summed E-state index contributed by atoms with van der Waals surface area (Å²) in [6, 6.07) is 11.5. The maximum atomic E-state index is 11.8. The number of hydrogen-bond donors (Lipinski definition) is 2. The van der Waals surface area contributed by atoms with Gasteiger partial charge in [0.2, 0.25) is 5.69 Å². The molecule has 1 aromatic carbocycles. The molecule has 6 nitrogen and oxygen atoms in total. The van der Waals surface area contributed by atoms with Gasteiger partial charge >= 0.3 is 11.3 Å². The second kappa shape index (κ2) is 5.80. The Kier molecular flexibility index (Phi) is 3.70. The van der Waals surface area contributed by atoms with Crippen LogP contribution >= 0.6 is 0 Å². The lowest BCUT2D eigenvalue weighted by molar-refractivity contribution is -0.677. The number of benzene rings is 1. The normalized spacial score (nSPS) is 10.9. The van der Waals surface area contributed by atoms with E-state index in [0.717, 1.165) is 17.0 Å². The summed E-state index contributed by atoms with van der Waals surface area (Å²) < 4.78 is 11.8. The van der Waals surface area contributed by atoms with Crippen molar-refractivity contribution in [1.82, 2.24) is 10.6 Å². The van der Waals surface area contributed by atoms with E-state index in [2.05, 4.69) is 10.6 Å². The third kappa shape index (κ3) is 2.95. The van der Waals surface area contributed by atoms with Crippen molar-refractivity contribution in [3.63, 3.8) is 0 Å². The molecule has 0 aliphatic heterocycles. The van der Waals surface area contributed by atoms with E-state index in [1.807, 2.05) is 43.3 Å². The average Bonchev–Trinajstić information content (AvgIpc) is 3.11. The first-order valence-corrected chi connectivity index (χ1v) is 6.66. The molecule has 0 unspecified atom stereocenters. The van der Waals surface area contributed by atoms with Gasteiger partial charge in [-0.3, -0.25) is 4.52 Å². The minimum atomic E-state index is -0.387. The van der Waals surface area contributed by atoms with Crippen LogP contribution in [0.1, 0.15) is 17.0 Å². The Morgan fingerprint density at radius 1 is 1.19 bits per heavy atom. The van der Waals surface area contributed by atoms with E-state index < -0.39 is 0 Å². The highest BCUT2D eigenvalue weighted by Crippen LogP contribution is 2.03. The molecule has 108 valence electrons. The van der Waals surface area contributed by atoms with Crippen LogP contribution in [0.25, 0.3) is 5.69 Å². The van der Waals surface area contributed by atoms with Crippen LogP contribution in [0.2, 0.25) is 0 Å². The van der Waals surface area contributed by atoms with Gasteiger partial charge in [-0.1, -0.05) is 17.7 Å². The first-order chi connectivity index (χ1) is 10.2. The zero-order chi connectivity index (χ0) is 14.7. The maximum Gasteiger partial charge on any atom is 0.431 e. The lowest BCUT2D eigenvalue weighted by Gasteiger charge is -1.98. The minimum Gasteiger partial charge on any atom is -0.468 e. The number of nitrogens with one attached hydrogen (secondary N) is 2. The van der Waals surface area contributed by atoms with Crippen LogP contribution < -0.4 is 15.6 Å². The fourth-order valence-corrected chi connectivity index (χ4v) is 2.06. The molecule has 0 radical (unpaired) electrons. The largest absolute Gasteiger partial charge is 0.468 e. The maximum absolute atomic E-state index is 11.8. The molecule has 6 heteroatoms. The SMILES string of the molecule is Cc1ccc(-[n+]2[nH]oc(=O)c2CNCc2ccco2)cc1. The summed E-state index contributed by atoms with van der Waals surface area (Å²) in [5.74, 6) is 0.816. The molecule has 0 saturated heterocycles. The molecule has 21 heavy (non-hydrogen) atoms. The number of aryl methyl sites for hydroxylation is 1. The fraction of sp³-hybridized carbons (Fsp3) is 0.200. The molecule has 2 aromatic heterocycles. The fourth-order valence-electron chi connectivity index (χ4n) is 2.06. The Labute approximate surface area is 121 Å². The number of furan rings is 1. The Hall–Kier alpha value is -2.60. The first-order valence-electron chi connectivity index (χ1n) is 6.66. The summed E-state index contributed by atoms with van der Waals surface area (Å²) in [7, 11) is 0.